The number of imidazole rings is 1. The van der Waals surface area contributed by atoms with Crippen molar-refractivity contribution in [3.05, 3.63) is 107 Å². The Morgan fingerprint density at radius 3 is 2.58 bits per heavy atom. The number of aryl methyl sites for hydroxylation is 2. The highest BCUT2D eigenvalue weighted by atomic mass is 16.5. The Morgan fingerprint density at radius 1 is 0.885 bits per heavy atom. The molecule has 0 bridgehead atoms. The van der Waals surface area contributed by atoms with Gasteiger partial charge in [-0.1, -0.05) is 12.1 Å². The molecule has 2 saturated heterocycles. The number of H-pyrrole nitrogens is 1. The molecule has 6 aromatic rings. The van der Waals surface area contributed by atoms with Gasteiger partial charge in [-0.05, 0) is 105 Å². The molecule has 0 radical (unpaired) electrons. The van der Waals surface area contributed by atoms with Crippen LogP contribution >= 0.6 is 0 Å². The van der Waals surface area contributed by atoms with E-state index in [-0.39, 0.29) is 17.2 Å². The highest BCUT2D eigenvalue weighted by molar-refractivity contribution is 6.10. The number of nitrogens with one attached hydrogen (secondary N) is 2. The fraction of sp³-hybridized carbons (Fsp3) is 0.293. The minimum absolute atomic E-state index is 0.153. The molecular formula is C41H37N7O4. The highest BCUT2D eigenvalue weighted by Crippen LogP contribution is 2.44. The first-order valence-corrected chi connectivity index (χ1v) is 18.1. The highest BCUT2D eigenvalue weighted by Gasteiger charge is 2.45. The van der Waals surface area contributed by atoms with Crippen molar-refractivity contribution >= 4 is 40.0 Å². The molecule has 7 heterocycles. The van der Waals surface area contributed by atoms with Gasteiger partial charge in [-0.25, -0.2) is 9.97 Å². The van der Waals surface area contributed by atoms with Crippen LogP contribution < -0.4 is 15.1 Å². The van der Waals surface area contributed by atoms with Gasteiger partial charge in [0.15, 0.2) is 17.3 Å². The fourth-order valence-corrected chi connectivity index (χ4v) is 8.31. The van der Waals surface area contributed by atoms with Crippen LogP contribution in [0.25, 0.3) is 34.1 Å². The quantitative estimate of drug-likeness (QED) is 0.201. The Bertz CT molecular complexity index is 2330. The molecule has 11 nitrogen and oxygen atoms in total. The minimum Gasteiger partial charge on any atom is -0.451 e. The van der Waals surface area contributed by atoms with Gasteiger partial charge in [0.2, 0.25) is 0 Å². The lowest BCUT2D eigenvalue weighted by Crippen LogP contribution is -2.59. The molecule has 4 aromatic heterocycles. The number of furan rings is 1. The van der Waals surface area contributed by atoms with Gasteiger partial charge in [0.1, 0.15) is 11.5 Å². The smallest absolute Gasteiger partial charge is 0.259 e. The number of carbonyl (C=O) groups is 2. The first-order valence-electron chi connectivity index (χ1n) is 18.1. The molecule has 2 aromatic carbocycles. The third-order valence-electron chi connectivity index (χ3n) is 11.1. The number of rotatable bonds is 5. The van der Waals surface area contributed by atoms with Gasteiger partial charge in [-0.3, -0.25) is 14.6 Å². The third kappa shape index (κ3) is 5.26. The molecule has 2 fully saturated rings. The van der Waals surface area contributed by atoms with Crippen molar-refractivity contribution in [2.75, 3.05) is 48.0 Å². The van der Waals surface area contributed by atoms with Crippen LogP contribution in [0.3, 0.4) is 0 Å². The van der Waals surface area contributed by atoms with Crippen molar-refractivity contribution in [3.8, 4) is 23.0 Å². The lowest BCUT2D eigenvalue weighted by Gasteiger charge is -2.53. The molecule has 4 aliphatic rings. The van der Waals surface area contributed by atoms with E-state index in [1.165, 1.54) is 0 Å². The molecule has 3 aliphatic heterocycles. The normalized spacial score (nSPS) is 17.3. The molecule has 1 aliphatic carbocycles. The van der Waals surface area contributed by atoms with E-state index in [1.54, 1.807) is 35.4 Å². The zero-order valence-electron chi connectivity index (χ0n) is 28.7. The second-order valence-electron chi connectivity index (χ2n) is 14.5. The lowest BCUT2D eigenvalue weighted by atomic mass is 9.73. The maximum atomic E-state index is 14.1. The van der Waals surface area contributed by atoms with Crippen molar-refractivity contribution < 1.29 is 18.7 Å². The molecule has 52 heavy (non-hydrogen) atoms. The van der Waals surface area contributed by atoms with Gasteiger partial charge < -0.3 is 29.3 Å². The number of nitrogens with zero attached hydrogens (tertiary/aromatic N) is 5. The summed E-state index contributed by atoms with van der Waals surface area (Å²) in [5.41, 5.74) is 8.33. The molecule has 2 N–H and O–H groups in total. The summed E-state index contributed by atoms with van der Waals surface area (Å²) in [5.74, 6) is 2.36. The summed E-state index contributed by atoms with van der Waals surface area (Å²) in [6, 6.07) is 22.7. The number of hydrogen-bond donors (Lipinski definition) is 2. The van der Waals surface area contributed by atoms with Gasteiger partial charge in [0, 0.05) is 67.0 Å². The van der Waals surface area contributed by atoms with Crippen molar-refractivity contribution in [2.24, 2.45) is 5.41 Å². The summed E-state index contributed by atoms with van der Waals surface area (Å²) in [6.07, 6.45) is 7.36. The number of aromatic nitrogens is 4. The van der Waals surface area contributed by atoms with Crippen molar-refractivity contribution in [3.63, 3.8) is 0 Å². The molecule has 1 spiro atoms. The number of hydrogen-bond acceptors (Lipinski definition) is 8. The van der Waals surface area contributed by atoms with Gasteiger partial charge in [0.05, 0.1) is 22.3 Å². The maximum absolute atomic E-state index is 14.1. The van der Waals surface area contributed by atoms with Crippen molar-refractivity contribution in [2.45, 2.75) is 38.5 Å². The molecule has 10 rings (SSSR count). The van der Waals surface area contributed by atoms with E-state index in [0.29, 0.717) is 58.5 Å². The Kier molecular flexibility index (Phi) is 7.24. The number of carbonyl (C=O) groups excluding carboxylic acids is 2. The monoisotopic (exact) mass is 691 g/mol. The SMILES string of the molecule is O=C(Nc1ccc(C(=O)N2CCc3cc(-c4nc5ccccc5[nH]4)oc3-c3ncccc32)cc1)c1cc2c(nc1N1CC3(CCOCC3)C1)CCC2. The van der Waals surface area contributed by atoms with E-state index in [9.17, 15) is 9.59 Å². The van der Waals surface area contributed by atoms with E-state index in [2.05, 4.69) is 20.2 Å². The first kappa shape index (κ1) is 31.0. The second-order valence-corrected chi connectivity index (χ2v) is 14.5. The topological polar surface area (TPSA) is 129 Å². The standard InChI is InChI=1S/C41H37N7O4/c49-39(29-21-26-5-3-8-30(26)46-38(29)47-23-41(24-47)15-19-51-20-16-41)43-28-12-10-25(11-13-28)40(50)48-18-14-27-22-34(37-44-31-6-1-2-7-32(31)45-37)52-36(27)35-33(48)9-4-17-42-35/h1-2,4,6-7,9-13,17,21-22H,3,5,8,14-16,18-20,23-24H2,(H,43,49)(H,44,45). The molecule has 11 heteroatoms. The number of ether oxygens (including phenoxy) is 1. The molecule has 2 amide bonds. The summed E-state index contributed by atoms with van der Waals surface area (Å²) >= 11 is 0. The van der Waals surface area contributed by atoms with E-state index < -0.39 is 0 Å². The van der Waals surface area contributed by atoms with Gasteiger partial charge >= 0.3 is 0 Å². The van der Waals surface area contributed by atoms with Crippen LogP contribution in [-0.4, -0.2) is 64.6 Å². The minimum atomic E-state index is -0.188. The fourth-order valence-electron chi connectivity index (χ4n) is 8.31. The largest absolute Gasteiger partial charge is 0.451 e. The Labute approximate surface area is 300 Å². The molecule has 0 unspecified atom stereocenters. The number of fused-ring (bicyclic) bond motifs is 5. The van der Waals surface area contributed by atoms with Crippen LogP contribution in [0, 0.1) is 5.41 Å². The lowest BCUT2D eigenvalue weighted by molar-refractivity contribution is -0.000520. The zero-order valence-corrected chi connectivity index (χ0v) is 28.7. The Morgan fingerprint density at radius 2 is 1.73 bits per heavy atom. The number of amides is 2. The number of para-hydroxylation sites is 2. The van der Waals surface area contributed by atoms with Gasteiger partial charge in [0.25, 0.3) is 11.8 Å². The first-order chi connectivity index (χ1) is 25.5. The number of benzene rings is 2. The van der Waals surface area contributed by atoms with Crippen molar-refractivity contribution in [1.82, 2.24) is 19.9 Å². The van der Waals surface area contributed by atoms with Crippen molar-refractivity contribution in [1.29, 1.82) is 0 Å². The van der Waals surface area contributed by atoms with Crippen LogP contribution in [0.5, 0.6) is 0 Å². The number of anilines is 3. The molecule has 260 valence electrons. The van der Waals surface area contributed by atoms with Crippen LogP contribution in [0.15, 0.2) is 83.4 Å². The molecular weight excluding hydrogens is 654 g/mol. The van der Waals surface area contributed by atoms with E-state index in [1.807, 2.05) is 48.5 Å². The Balaban J connectivity index is 0.878. The van der Waals surface area contributed by atoms with E-state index in [0.717, 1.165) is 92.1 Å². The summed E-state index contributed by atoms with van der Waals surface area (Å²) in [7, 11) is 0. The summed E-state index contributed by atoms with van der Waals surface area (Å²) in [4.78, 5) is 49.7. The predicted octanol–water partition coefficient (Wildman–Crippen LogP) is 6.84. The Hall–Kier alpha value is -5.81. The number of pyridine rings is 2. The molecule has 0 saturated carbocycles. The molecule has 0 atom stereocenters. The maximum Gasteiger partial charge on any atom is 0.259 e. The van der Waals surface area contributed by atoms with E-state index in [4.69, 9.17) is 19.1 Å². The number of aromatic amines is 1. The third-order valence-corrected chi connectivity index (χ3v) is 11.1. The summed E-state index contributed by atoms with van der Waals surface area (Å²) < 4.78 is 12.0. The van der Waals surface area contributed by atoms with Crippen LogP contribution in [0.4, 0.5) is 17.2 Å². The summed E-state index contributed by atoms with van der Waals surface area (Å²) in [5, 5.41) is 3.09. The summed E-state index contributed by atoms with van der Waals surface area (Å²) in [6.45, 7) is 3.85. The average Bonchev–Trinajstić information content (AvgIpc) is 3.91. The second kappa shape index (κ2) is 12.2. The van der Waals surface area contributed by atoms with Gasteiger partial charge in [-0.15, -0.1) is 0 Å². The van der Waals surface area contributed by atoms with Gasteiger partial charge in [-0.2, -0.15) is 0 Å². The predicted molar refractivity (Wildman–Crippen MR) is 198 cm³/mol. The van der Waals surface area contributed by atoms with Crippen LogP contribution in [0.1, 0.15) is 56.8 Å². The zero-order chi connectivity index (χ0) is 34.8. The average molecular weight is 692 g/mol. The van der Waals surface area contributed by atoms with E-state index >= 15 is 0 Å². The van der Waals surface area contributed by atoms with Crippen LogP contribution in [0.2, 0.25) is 0 Å². The van der Waals surface area contributed by atoms with Crippen LogP contribution in [-0.2, 0) is 24.0 Å².